The van der Waals surface area contributed by atoms with E-state index in [4.69, 9.17) is 9.47 Å². The molecule has 112 valence electrons. The van der Waals surface area contributed by atoms with E-state index < -0.39 is 0 Å². The minimum atomic E-state index is -0.231. The molecule has 1 aromatic carbocycles. The van der Waals surface area contributed by atoms with Crippen LogP contribution < -0.4 is 14.8 Å². The van der Waals surface area contributed by atoms with Crippen LogP contribution in [0.2, 0.25) is 0 Å². The van der Waals surface area contributed by atoms with E-state index in [-0.39, 0.29) is 11.9 Å². The van der Waals surface area contributed by atoms with E-state index in [0.717, 1.165) is 5.56 Å². The average molecular weight is 291 g/mol. The summed E-state index contributed by atoms with van der Waals surface area (Å²) in [5.74, 6) is 0.920. The second-order valence-electron chi connectivity index (χ2n) is 4.65. The van der Waals surface area contributed by atoms with Gasteiger partial charge in [-0.05, 0) is 31.0 Å². The summed E-state index contributed by atoms with van der Waals surface area (Å²) in [7, 11) is 3.04. The molecule has 1 atom stereocenters. The number of methoxy groups -OCH3 is 2. The van der Waals surface area contributed by atoms with E-state index in [1.807, 2.05) is 13.0 Å². The lowest BCUT2D eigenvalue weighted by Gasteiger charge is -2.15. The molecule has 0 fully saturated rings. The lowest BCUT2D eigenvalue weighted by molar-refractivity contribution is 0.372. The number of rotatable bonds is 5. The van der Waals surface area contributed by atoms with Crippen LogP contribution in [0.5, 0.6) is 11.8 Å². The fourth-order valence-electron chi connectivity index (χ4n) is 1.83. The fourth-order valence-corrected chi connectivity index (χ4v) is 1.83. The summed E-state index contributed by atoms with van der Waals surface area (Å²) in [6.45, 7) is 3.63. The molecule has 21 heavy (non-hydrogen) atoms. The lowest BCUT2D eigenvalue weighted by atomic mass is 10.1. The molecule has 0 spiro atoms. The highest BCUT2D eigenvalue weighted by atomic mass is 19.1. The Morgan fingerprint density at radius 2 is 1.71 bits per heavy atom. The third-order valence-electron chi connectivity index (χ3n) is 3.14. The van der Waals surface area contributed by atoms with E-state index >= 15 is 0 Å². The van der Waals surface area contributed by atoms with Crippen LogP contribution in [0.4, 0.5) is 10.3 Å². The van der Waals surface area contributed by atoms with Crippen molar-refractivity contribution in [1.29, 1.82) is 0 Å². The summed E-state index contributed by atoms with van der Waals surface area (Å²) < 4.78 is 23.8. The summed E-state index contributed by atoms with van der Waals surface area (Å²) in [6, 6.07) is 6.55. The maximum Gasteiger partial charge on any atom is 0.229 e. The van der Waals surface area contributed by atoms with Gasteiger partial charge in [0.05, 0.1) is 26.3 Å². The lowest BCUT2D eigenvalue weighted by Crippen LogP contribution is -2.10. The fraction of sp³-hybridized carbons (Fsp3) is 0.333. The average Bonchev–Trinajstić information content (AvgIpc) is 2.49. The molecule has 0 aliphatic heterocycles. The first-order valence-corrected chi connectivity index (χ1v) is 6.53. The SMILES string of the molecule is COc1cc(OC)nc(NC(C)c2ccc(C)c(F)c2)n1. The second kappa shape index (κ2) is 6.39. The van der Waals surface area contributed by atoms with Gasteiger partial charge in [0.2, 0.25) is 17.7 Å². The highest BCUT2D eigenvalue weighted by molar-refractivity contribution is 5.37. The normalized spacial score (nSPS) is 11.9. The maximum atomic E-state index is 13.6. The van der Waals surface area contributed by atoms with Gasteiger partial charge in [-0.25, -0.2) is 4.39 Å². The van der Waals surface area contributed by atoms with Crippen LogP contribution >= 0.6 is 0 Å². The predicted molar refractivity (Wildman–Crippen MR) is 78.3 cm³/mol. The molecule has 0 saturated carbocycles. The number of nitrogens with one attached hydrogen (secondary N) is 1. The van der Waals surface area contributed by atoms with Gasteiger partial charge in [0.25, 0.3) is 0 Å². The first-order chi connectivity index (χ1) is 10.0. The Bertz CT molecular complexity index is 612. The smallest absolute Gasteiger partial charge is 0.229 e. The van der Waals surface area contributed by atoms with Crippen LogP contribution in [-0.2, 0) is 0 Å². The van der Waals surface area contributed by atoms with Crippen LogP contribution in [-0.4, -0.2) is 24.2 Å². The van der Waals surface area contributed by atoms with Gasteiger partial charge in [0.15, 0.2) is 0 Å². The topological polar surface area (TPSA) is 56.3 Å². The standard InChI is InChI=1S/C15H18FN3O2/c1-9-5-6-11(7-12(9)16)10(2)17-15-18-13(20-3)8-14(19-15)21-4/h5-8,10H,1-4H3,(H,17,18,19). The number of anilines is 1. The number of hydrogen-bond acceptors (Lipinski definition) is 5. The molecule has 0 aliphatic carbocycles. The summed E-state index contributed by atoms with van der Waals surface area (Å²) in [6.07, 6.45) is 0. The van der Waals surface area contributed by atoms with Crippen LogP contribution in [0.15, 0.2) is 24.3 Å². The summed E-state index contributed by atoms with van der Waals surface area (Å²) in [5.41, 5.74) is 1.42. The first-order valence-electron chi connectivity index (χ1n) is 6.53. The molecular weight excluding hydrogens is 273 g/mol. The number of nitrogens with zero attached hydrogens (tertiary/aromatic N) is 2. The van der Waals surface area contributed by atoms with E-state index in [9.17, 15) is 4.39 Å². The van der Waals surface area contributed by atoms with Crippen molar-refractivity contribution < 1.29 is 13.9 Å². The van der Waals surface area contributed by atoms with E-state index in [0.29, 0.717) is 23.3 Å². The Kier molecular flexibility index (Phi) is 4.57. The zero-order chi connectivity index (χ0) is 15.4. The van der Waals surface area contributed by atoms with Crippen molar-refractivity contribution in [3.05, 3.63) is 41.2 Å². The number of hydrogen-bond donors (Lipinski definition) is 1. The molecule has 6 heteroatoms. The number of ether oxygens (including phenoxy) is 2. The number of halogens is 1. The minimum Gasteiger partial charge on any atom is -0.481 e. The van der Waals surface area contributed by atoms with Gasteiger partial charge in [0.1, 0.15) is 5.82 Å². The molecule has 1 aromatic heterocycles. The number of benzene rings is 1. The molecule has 1 heterocycles. The van der Waals surface area contributed by atoms with Crippen LogP contribution in [0.25, 0.3) is 0 Å². The van der Waals surface area contributed by atoms with Gasteiger partial charge in [-0.15, -0.1) is 0 Å². The number of aromatic nitrogens is 2. The zero-order valence-corrected chi connectivity index (χ0v) is 12.5. The van der Waals surface area contributed by atoms with E-state index in [1.54, 1.807) is 19.1 Å². The van der Waals surface area contributed by atoms with Gasteiger partial charge in [-0.3, -0.25) is 0 Å². The van der Waals surface area contributed by atoms with E-state index in [2.05, 4.69) is 15.3 Å². The van der Waals surface area contributed by atoms with Crippen LogP contribution in [0, 0.1) is 12.7 Å². The summed E-state index contributed by atoms with van der Waals surface area (Å²) in [4.78, 5) is 8.37. The van der Waals surface area contributed by atoms with Crippen molar-refractivity contribution in [3.8, 4) is 11.8 Å². The molecule has 1 N–H and O–H groups in total. The largest absolute Gasteiger partial charge is 0.481 e. The highest BCUT2D eigenvalue weighted by Gasteiger charge is 2.11. The molecule has 1 unspecified atom stereocenters. The Labute approximate surface area is 123 Å². The Balaban J connectivity index is 2.22. The van der Waals surface area contributed by atoms with Crippen molar-refractivity contribution >= 4 is 5.95 Å². The van der Waals surface area contributed by atoms with Crippen molar-refractivity contribution in [2.45, 2.75) is 19.9 Å². The third-order valence-corrected chi connectivity index (χ3v) is 3.14. The Morgan fingerprint density at radius 1 is 1.10 bits per heavy atom. The molecule has 0 radical (unpaired) electrons. The van der Waals surface area contributed by atoms with Crippen molar-refractivity contribution in [3.63, 3.8) is 0 Å². The van der Waals surface area contributed by atoms with Gasteiger partial charge < -0.3 is 14.8 Å². The van der Waals surface area contributed by atoms with E-state index in [1.165, 1.54) is 20.3 Å². The third kappa shape index (κ3) is 3.59. The van der Waals surface area contributed by atoms with Gasteiger partial charge >= 0.3 is 0 Å². The molecule has 0 aliphatic rings. The zero-order valence-electron chi connectivity index (χ0n) is 12.5. The molecule has 2 aromatic rings. The molecule has 2 rings (SSSR count). The summed E-state index contributed by atoms with van der Waals surface area (Å²) >= 11 is 0. The monoisotopic (exact) mass is 291 g/mol. The number of aryl methyl sites for hydroxylation is 1. The summed E-state index contributed by atoms with van der Waals surface area (Å²) in [5, 5.41) is 3.11. The Morgan fingerprint density at radius 3 is 2.24 bits per heavy atom. The molecule has 0 amide bonds. The van der Waals surface area contributed by atoms with Crippen molar-refractivity contribution in [1.82, 2.24) is 9.97 Å². The quantitative estimate of drug-likeness (QED) is 0.917. The molecule has 0 saturated heterocycles. The predicted octanol–water partition coefficient (Wildman–Crippen LogP) is 3.11. The molecule has 5 nitrogen and oxygen atoms in total. The first kappa shape index (κ1) is 15.0. The minimum absolute atomic E-state index is 0.156. The molecular formula is C15H18FN3O2. The van der Waals surface area contributed by atoms with Gasteiger partial charge in [-0.1, -0.05) is 12.1 Å². The second-order valence-corrected chi connectivity index (χ2v) is 4.65. The van der Waals surface area contributed by atoms with Crippen molar-refractivity contribution in [2.75, 3.05) is 19.5 Å². The van der Waals surface area contributed by atoms with Crippen LogP contribution in [0.1, 0.15) is 24.1 Å². The Hall–Kier alpha value is -2.37. The maximum absolute atomic E-state index is 13.6. The highest BCUT2D eigenvalue weighted by Crippen LogP contribution is 2.22. The van der Waals surface area contributed by atoms with Gasteiger partial charge in [-0.2, -0.15) is 9.97 Å². The van der Waals surface area contributed by atoms with Crippen molar-refractivity contribution in [2.24, 2.45) is 0 Å². The molecule has 0 bridgehead atoms. The van der Waals surface area contributed by atoms with Crippen LogP contribution in [0.3, 0.4) is 0 Å². The van der Waals surface area contributed by atoms with Gasteiger partial charge in [0, 0.05) is 0 Å².